The number of hydrogen-bond acceptors (Lipinski definition) is 3. The van der Waals surface area contributed by atoms with Crippen LogP contribution in [0.4, 0.5) is 0 Å². The minimum atomic E-state index is 0.290. The third-order valence-corrected chi connectivity index (χ3v) is 2.52. The summed E-state index contributed by atoms with van der Waals surface area (Å²) in [5.74, 6) is 0. The van der Waals surface area contributed by atoms with E-state index in [4.69, 9.17) is 9.84 Å². The van der Waals surface area contributed by atoms with Crippen LogP contribution in [0.3, 0.4) is 0 Å². The Morgan fingerprint density at radius 2 is 2.15 bits per heavy atom. The maximum absolute atomic E-state index is 8.72. The quantitative estimate of drug-likeness (QED) is 0.645. The molecule has 3 heteroatoms. The van der Waals surface area contributed by atoms with Crippen LogP contribution >= 0.6 is 0 Å². The van der Waals surface area contributed by atoms with Crippen molar-refractivity contribution in [3.63, 3.8) is 0 Å². The topological polar surface area (TPSA) is 41.5 Å². The Hall–Kier alpha value is -0.120. The van der Waals surface area contributed by atoms with Crippen LogP contribution in [0.25, 0.3) is 0 Å². The molecule has 1 fully saturated rings. The molecule has 0 saturated carbocycles. The second-order valence-electron chi connectivity index (χ2n) is 4.61. The molecule has 0 atom stereocenters. The summed E-state index contributed by atoms with van der Waals surface area (Å²) in [6.45, 7) is 7.49. The van der Waals surface area contributed by atoms with Crippen molar-refractivity contribution in [1.82, 2.24) is 5.32 Å². The van der Waals surface area contributed by atoms with Crippen molar-refractivity contribution in [2.75, 3.05) is 26.4 Å². The van der Waals surface area contributed by atoms with Gasteiger partial charge in [-0.05, 0) is 18.3 Å². The van der Waals surface area contributed by atoms with Crippen LogP contribution in [0, 0.1) is 5.41 Å². The number of aliphatic hydroxyl groups is 1. The molecule has 13 heavy (non-hydrogen) atoms. The van der Waals surface area contributed by atoms with Crippen molar-refractivity contribution in [3.05, 3.63) is 0 Å². The number of ether oxygens (including phenoxy) is 1. The highest BCUT2D eigenvalue weighted by atomic mass is 16.5. The normalized spacial score (nSPS) is 18.7. The summed E-state index contributed by atoms with van der Waals surface area (Å²) < 4.78 is 5.08. The molecule has 78 valence electrons. The van der Waals surface area contributed by atoms with Gasteiger partial charge >= 0.3 is 0 Å². The van der Waals surface area contributed by atoms with Crippen LogP contribution in [0.5, 0.6) is 0 Å². The third kappa shape index (κ3) is 4.07. The van der Waals surface area contributed by atoms with Gasteiger partial charge in [0.2, 0.25) is 0 Å². The van der Waals surface area contributed by atoms with Gasteiger partial charge in [0.25, 0.3) is 0 Å². The van der Waals surface area contributed by atoms with E-state index in [1.165, 1.54) is 0 Å². The predicted octanol–water partition coefficient (Wildman–Crippen LogP) is 0.773. The lowest BCUT2D eigenvalue weighted by Gasteiger charge is -2.32. The Labute approximate surface area is 80.5 Å². The fourth-order valence-corrected chi connectivity index (χ4v) is 1.42. The summed E-state index contributed by atoms with van der Waals surface area (Å²) in [7, 11) is 0. The molecule has 0 bridgehead atoms. The van der Waals surface area contributed by atoms with Crippen molar-refractivity contribution >= 4 is 0 Å². The van der Waals surface area contributed by atoms with Crippen molar-refractivity contribution in [2.24, 2.45) is 5.41 Å². The molecule has 0 aliphatic carbocycles. The molecule has 0 amide bonds. The minimum absolute atomic E-state index is 0.290. The molecule has 1 rings (SSSR count). The van der Waals surface area contributed by atoms with E-state index in [0.717, 1.165) is 32.6 Å². The molecule has 3 nitrogen and oxygen atoms in total. The zero-order valence-electron chi connectivity index (χ0n) is 8.68. The van der Waals surface area contributed by atoms with Crippen molar-refractivity contribution in [1.29, 1.82) is 0 Å². The Balaban J connectivity index is 2.08. The first-order valence-electron chi connectivity index (χ1n) is 5.06. The van der Waals surface area contributed by atoms with Gasteiger partial charge in [-0.15, -0.1) is 0 Å². The molecule has 0 unspecified atom stereocenters. The first-order chi connectivity index (χ1) is 6.14. The molecular weight excluding hydrogens is 166 g/mol. The first-order valence-corrected chi connectivity index (χ1v) is 5.06. The zero-order valence-corrected chi connectivity index (χ0v) is 8.68. The van der Waals surface area contributed by atoms with E-state index in [0.29, 0.717) is 12.6 Å². The van der Waals surface area contributed by atoms with Crippen LogP contribution in [0.2, 0.25) is 0 Å². The molecule has 0 radical (unpaired) electrons. The van der Waals surface area contributed by atoms with Gasteiger partial charge in [0, 0.05) is 13.2 Å². The number of nitrogens with one attached hydrogen (secondary N) is 1. The Kier molecular flexibility index (Phi) is 4.16. The summed E-state index contributed by atoms with van der Waals surface area (Å²) in [4.78, 5) is 0. The van der Waals surface area contributed by atoms with Crippen LogP contribution in [-0.4, -0.2) is 37.5 Å². The number of rotatable bonds is 6. The molecule has 0 spiro atoms. The van der Waals surface area contributed by atoms with Gasteiger partial charge in [0.1, 0.15) is 0 Å². The average molecular weight is 187 g/mol. The zero-order chi connectivity index (χ0) is 9.73. The molecule has 0 aromatic heterocycles. The second kappa shape index (κ2) is 4.94. The maximum atomic E-state index is 8.72. The lowest BCUT2D eigenvalue weighted by atomic mass is 9.87. The molecular formula is C10H21NO2. The standard InChI is InChI=1S/C10H21NO2/c1-10(2,4-3-5-12)8-11-9-6-13-7-9/h9,11-12H,3-8H2,1-2H3. The Morgan fingerprint density at radius 1 is 1.46 bits per heavy atom. The highest BCUT2D eigenvalue weighted by Gasteiger charge is 2.22. The molecule has 1 heterocycles. The molecule has 0 aromatic rings. The van der Waals surface area contributed by atoms with E-state index >= 15 is 0 Å². The number of hydrogen-bond donors (Lipinski definition) is 2. The summed E-state index contributed by atoms with van der Waals surface area (Å²) >= 11 is 0. The summed E-state index contributed by atoms with van der Waals surface area (Å²) in [5, 5.41) is 12.2. The van der Waals surface area contributed by atoms with Crippen LogP contribution in [-0.2, 0) is 4.74 Å². The molecule has 1 saturated heterocycles. The highest BCUT2D eigenvalue weighted by molar-refractivity contribution is 4.78. The summed E-state index contributed by atoms with van der Waals surface area (Å²) in [6.07, 6.45) is 1.97. The highest BCUT2D eigenvalue weighted by Crippen LogP contribution is 2.21. The van der Waals surface area contributed by atoms with E-state index in [-0.39, 0.29) is 5.41 Å². The van der Waals surface area contributed by atoms with Gasteiger partial charge in [-0.3, -0.25) is 0 Å². The molecule has 0 aromatic carbocycles. The lowest BCUT2D eigenvalue weighted by molar-refractivity contribution is -0.00900. The van der Waals surface area contributed by atoms with Crippen molar-refractivity contribution in [3.8, 4) is 0 Å². The summed E-state index contributed by atoms with van der Waals surface area (Å²) in [6, 6.07) is 0.563. The minimum Gasteiger partial charge on any atom is -0.396 e. The smallest absolute Gasteiger partial charge is 0.0643 e. The van der Waals surface area contributed by atoms with Gasteiger partial charge in [-0.25, -0.2) is 0 Å². The van der Waals surface area contributed by atoms with E-state index < -0.39 is 0 Å². The molecule has 1 aliphatic heterocycles. The van der Waals surface area contributed by atoms with E-state index in [1.54, 1.807) is 0 Å². The largest absolute Gasteiger partial charge is 0.396 e. The second-order valence-corrected chi connectivity index (χ2v) is 4.61. The SMILES string of the molecule is CC(C)(CCCO)CNC1COC1. The fraction of sp³-hybridized carbons (Fsp3) is 1.00. The van der Waals surface area contributed by atoms with Gasteiger partial charge in [0.05, 0.1) is 19.3 Å². The van der Waals surface area contributed by atoms with Gasteiger partial charge < -0.3 is 15.2 Å². The Bertz CT molecular complexity index is 144. The predicted molar refractivity (Wildman–Crippen MR) is 52.7 cm³/mol. The van der Waals surface area contributed by atoms with Gasteiger partial charge in [-0.2, -0.15) is 0 Å². The van der Waals surface area contributed by atoms with Crippen LogP contribution in [0.1, 0.15) is 26.7 Å². The van der Waals surface area contributed by atoms with Gasteiger partial charge in [0.15, 0.2) is 0 Å². The van der Waals surface area contributed by atoms with Gasteiger partial charge in [-0.1, -0.05) is 13.8 Å². The molecule has 2 N–H and O–H groups in total. The van der Waals surface area contributed by atoms with E-state index in [1.807, 2.05) is 0 Å². The maximum Gasteiger partial charge on any atom is 0.0643 e. The summed E-state index contributed by atoms with van der Waals surface area (Å²) in [5.41, 5.74) is 0.290. The monoisotopic (exact) mass is 187 g/mol. The average Bonchev–Trinajstić information content (AvgIpc) is 1.98. The Morgan fingerprint density at radius 3 is 2.62 bits per heavy atom. The third-order valence-electron chi connectivity index (χ3n) is 2.52. The fourth-order valence-electron chi connectivity index (χ4n) is 1.42. The first kappa shape index (κ1) is 11.0. The number of aliphatic hydroxyl groups excluding tert-OH is 1. The van der Waals surface area contributed by atoms with E-state index in [9.17, 15) is 0 Å². The van der Waals surface area contributed by atoms with Crippen LogP contribution in [0.15, 0.2) is 0 Å². The van der Waals surface area contributed by atoms with Crippen molar-refractivity contribution in [2.45, 2.75) is 32.7 Å². The lowest BCUT2D eigenvalue weighted by Crippen LogP contribution is -2.48. The van der Waals surface area contributed by atoms with Crippen molar-refractivity contribution < 1.29 is 9.84 Å². The van der Waals surface area contributed by atoms with E-state index in [2.05, 4.69) is 19.2 Å². The molecule has 1 aliphatic rings. The van der Waals surface area contributed by atoms with Crippen LogP contribution < -0.4 is 5.32 Å².